The third-order valence-electron chi connectivity index (χ3n) is 2.63. The predicted octanol–water partition coefficient (Wildman–Crippen LogP) is 1.41. The van der Waals surface area contributed by atoms with Gasteiger partial charge in [0.2, 0.25) is 0 Å². The molecule has 1 heterocycles. The van der Waals surface area contributed by atoms with Crippen molar-refractivity contribution in [2.45, 2.75) is 13.0 Å². The van der Waals surface area contributed by atoms with Crippen molar-refractivity contribution in [3.63, 3.8) is 0 Å². The van der Waals surface area contributed by atoms with Gasteiger partial charge in [0.25, 0.3) is 0 Å². The van der Waals surface area contributed by atoms with Crippen LogP contribution in [0.3, 0.4) is 0 Å². The number of nitrogens with zero attached hydrogens (tertiary/aromatic N) is 1. The fourth-order valence-electron chi connectivity index (χ4n) is 1.55. The van der Waals surface area contributed by atoms with E-state index >= 15 is 0 Å². The van der Waals surface area contributed by atoms with Crippen LogP contribution in [-0.2, 0) is 14.2 Å². The van der Waals surface area contributed by atoms with Gasteiger partial charge in [-0.3, -0.25) is 4.98 Å². The molecule has 0 aliphatic carbocycles. The summed E-state index contributed by atoms with van der Waals surface area (Å²) in [6.07, 6.45) is 1.81. The van der Waals surface area contributed by atoms with Crippen LogP contribution in [0.1, 0.15) is 18.7 Å². The molecule has 0 saturated carbocycles. The lowest BCUT2D eigenvalue weighted by atomic mass is 10.2. The molecule has 1 aromatic heterocycles. The van der Waals surface area contributed by atoms with Gasteiger partial charge < -0.3 is 19.5 Å². The number of pyridine rings is 1. The topological polar surface area (TPSA) is 52.6 Å². The first-order valence-corrected chi connectivity index (χ1v) is 6.63. The number of hydrogen-bond acceptors (Lipinski definition) is 5. The lowest BCUT2D eigenvalue weighted by Crippen LogP contribution is -2.24. The second kappa shape index (κ2) is 10.9. The van der Waals surface area contributed by atoms with Gasteiger partial charge in [-0.15, -0.1) is 0 Å². The lowest BCUT2D eigenvalue weighted by Gasteiger charge is -2.13. The Hall–Kier alpha value is -1.01. The molecule has 1 aromatic rings. The van der Waals surface area contributed by atoms with Gasteiger partial charge in [-0.05, 0) is 19.1 Å². The number of methoxy groups -OCH3 is 1. The number of nitrogens with one attached hydrogen (secondary N) is 1. The van der Waals surface area contributed by atoms with Crippen molar-refractivity contribution in [2.24, 2.45) is 0 Å². The molecule has 0 aliphatic heterocycles. The summed E-state index contributed by atoms with van der Waals surface area (Å²) in [5, 5.41) is 3.36. The van der Waals surface area contributed by atoms with Crippen LogP contribution in [0.15, 0.2) is 24.4 Å². The van der Waals surface area contributed by atoms with Crippen LogP contribution in [0.4, 0.5) is 0 Å². The molecule has 0 fully saturated rings. The first kappa shape index (κ1) is 16.0. The second-order valence-electron chi connectivity index (χ2n) is 4.15. The van der Waals surface area contributed by atoms with E-state index in [0.29, 0.717) is 33.0 Å². The van der Waals surface area contributed by atoms with E-state index in [1.54, 1.807) is 13.3 Å². The van der Waals surface area contributed by atoms with E-state index in [1.165, 1.54) is 0 Å². The van der Waals surface area contributed by atoms with E-state index in [1.807, 2.05) is 18.2 Å². The van der Waals surface area contributed by atoms with Crippen molar-refractivity contribution in [1.29, 1.82) is 0 Å². The average molecular weight is 268 g/mol. The van der Waals surface area contributed by atoms with Gasteiger partial charge >= 0.3 is 0 Å². The van der Waals surface area contributed by atoms with E-state index in [4.69, 9.17) is 14.2 Å². The van der Waals surface area contributed by atoms with Gasteiger partial charge in [-0.1, -0.05) is 6.07 Å². The van der Waals surface area contributed by atoms with Crippen molar-refractivity contribution < 1.29 is 14.2 Å². The molecular weight excluding hydrogens is 244 g/mol. The van der Waals surface area contributed by atoms with E-state index in [-0.39, 0.29) is 6.04 Å². The maximum Gasteiger partial charge on any atom is 0.0701 e. The molecule has 5 heteroatoms. The minimum Gasteiger partial charge on any atom is -0.382 e. The maximum absolute atomic E-state index is 5.45. The van der Waals surface area contributed by atoms with Crippen LogP contribution in [0, 0.1) is 0 Å². The van der Waals surface area contributed by atoms with E-state index < -0.39 is 0 Å². The molecule has 0 amide bonds. The molecule has 0 spiro atoms. The Kier molecular flexibility index (Phi) is 9.18. The Labute approximate surface area is 115 Å². The summed E-state index contributed by atoms with van der Waals surface area (Å²) in [5.74, 6) is 0. The van der Waals surface area contributed by atoms with Crippen LogP contribution >= 0.6 is 0 Å². The first-order chi connectivity index (χ1) is 9.34. The Balaban J connectivity index is 1.93. The highest BCUT2D eigenvalue weighted by molar-refractivity contribution is 5.07. The van der Waals surface area contributed by atoms with Gasteiger partial charge in [0.05, 0.1) is 38.7 Å². The summed E-state index contributed by atoms with van der Waals surface area (Å²) < 4.78 is 15.6. The summed E-state index contributed by atoms with van der Waals surface area (Å²) in [6, 6.07) is 6.17. The summed E-state index contributed by atoms with van der Waals surface area (Å²) in [7, 11) is 1.66. The Morgan fingerprint density at radius 3 is 2.53 bits per heavy atom. The standard InChI is InChI=1S/C14H24N2O3/c1-13(14-5-3-4-6-16-14)15-7-8-18-11-12-19-10-9-17-2/h3-6,13,15H,7-12H2,1-2H3. The van der Waals surface area contributed by atoms with Crippen LogP contribution in [0.2, 0.25) is 0 Å². The van der Waals surface area contributed by atoms with Crippen LogP contribution < -0.4 is 5.32 Å². The summed E-state index contributed by atoms with van der Waals surface area (Å²) >= 11 is 0. The average Bonchev–Trinajstić information content (AvgIpc) is 2.46. The Bertz CT molecular complexity index is 309. The summed E-state index contributed by atoms with van der Waals surface area (Å²) in [4.78, 5) is 4.30. The lowest BCUT2D eigenvalue weighted by molar-refractivity contribution is 0.0252. The third-order valence-corrected chi connectivity index (χ3v) is 2.63. The van der Waals surface area contributed by atoms with Crippen molar-refractivity contribution in [1.82, 2.24) is 10.3 Å². The van der Waals surface area contributed by atoms with E-state index in [0.717, 1.165) is 12.2 Å². The zero-order valence-electron chi connectivity index (χ0n) is 11.8. The molecule has 1 N–H and O–H groups in total. The SMILES string of the molecule is COCCOCCOCCNC(C)c1ccccn1. The molecule has 0 aliphatic rings. The summed E-state index contributed by atoms with van der Waals surface area (Å²) in [5.41, 5.74) is 1.05. The van der Waals surface area contributed by atoms with E-state index in [2.05, 4.69) is 17.2 Å². The van der Waals surface area contributed by atoms with Crippen LogP contribution in [0.25, 0.3) is 0 Å². The molecule has 1 rings (SSSR count). The van der Waals surface area contributed by atoms with Crippen LogP contribution in [-0.4, -0.2) is 51.7 Å². The molecule has 5 nitrogen and oxygen atoms in total. The molecule has 1 unspecified atom stereocenters. The van der Waals surface area contributed by atoms with Crippen molar-refractivity contribution in [3.8, 4) is 0 Å². The Morgan fingerprint density at radius 1 is 1.11 bits per heavy atom. The molecule has 19 heavy (non-hydrogen) atoms. The van der Waals surface area contributed by atoms with Gasteiger partial charge in [-0.2, -0.15) is 0 Å². The smallest absolute Gasteiger partial charge is 0.0701 e. The van der Waals surface area contributed by atoms with E-state index in [9.17, 15) is 0 Å². The van der Waals surface area contributed by atoms with Gasteiger partial charge in [0.15, 0.2) is 0 Å². The molecule has 0 bridgehead atoms. The van der Waals surface area contributed by atoms with Gasteiger partial charge in [-0.25, -0.2) is 0 Å². The van der Waals surface area contributed by atoms with Gasteiger partial charge in [0, 0.05) is 25.9 Å². The third kappa shape index (κ3) is 7.89. The zero-order valence-corrected chi connectivity index (χ0v) is 11.8. The number of rotatable bonds is 11. The highest BCUT2D eigenvalue weighted by Gasteiger charge is 2.03. The van der Waals surface area contributed by atoms with Crippen molar-refractivity contribution in [2.75, 3.05) is 46.7 Å². The largest absolute Gasteiger partial charge is 0.382 e. The molecule has 0 aromatic carbocycles. The number of aromatic nitrogens is 1. The van der Waals surface area contributed by atoms with Crippen molar-refractivity contribution >= 4 is 0 Å². The molecule has 1 atom stereocenters. The van der Waals surface area contributed by atoms with Crippen LogP contribution in [0.5, 0.6) is 0 Å². The predicted molar refractivity (Wildman–Crippen MR) is 74.2 cm³/mol. The zero-order chi connectivity index (χ0) is 13.8. The maximum atomic E-state index is 5.45. The summed E-state index contributed by atoms with van der Waals surface area (Å²) in [6.45, 7) is 6.04. The molecular formula is C14H24N2O3. The Morgan fingerprint density at radius 2 is 1.84 bits per heavy atom. The molecule has 0 saturated heterocycles. The highest BCUT2D eigenvalue weighted by atomic mass is 16.5. The monoisotopic (exact) mass is 268 g/mol. The minimum absolute atomic E-state index is 0.239. The highest BCUT2D eigenvalue weighted by Crippen LogP contribution is 2.06. The number of hydrogen-bond donors (Lipinski definition) is 1. The quantitative estimate of drug-likeness (QED) is 0.615. The number of ether oxygens (including phenoxy) is 3. The fourth-order valence-corrected chi connectivity index (χ4v) is 1.55. The fraction of sp³-hybridized carbons (Fsp3) is 0.643. The van der Waals surface area contributed by atoms with Crippen molar-refractivity contribution in [3.05, 3.63) is 30.1 Å². The minimum atomic E-state index is 0.239. The molecule has 108 valence electrons. The normalized spacial score (nSPS) is 12.5. The second-order valence-corrected chi connectivity index (χ2v) is 4.15. The molecule has 0 radical (unpaired) electrons. The first-order valence-electron chi connectivity index (χ1n) is 6.63. The van der Waals surface area contributed by atoms with Gasteiger partial charge in [0.1, 0.15) is 0 Å².